The Kier molecular flexibility index (Phi) is 4.91. The van der Waals surface area contributed by atoms with Crippen molar-refractivity contribution in [3.8, 4) is 11.4 Å². The highest BCUT2D eigenvalue weighted by Gasteiger charge is 2.35. The van der Waals surface area contributed by atoms with Gasteiger partial charge in [-0.2, -0.15) is 0 Å². The number of methoxy groups -OCH3 is 1. The van der Waals surface area contributed by atoms with E-state index < -0.39 is 5.60 Å². The molecule has 7 heteroatoms. The molecule has 0 spiro atoms. The standard InChI is InChI=1S/C19H25N5O2/c1-19(2,26-5)18(25)24-11-8-14-15(12-24)21-16(22-17(14)23(3)4)13-6-9-20-10-7-13/h6-7,9-10H,8,11-12H2,1-5H3. The van der Waals surface area contributed by atoms with E-state index in [2.05, 4.69) is 4.98 Å². The van der Waals surface area contributed by atoms with Gasteiger partial charge in [0.1, 0.15) is 11.4 Å². The monoisotopic (exact) mass is 355 g/mol. The minimum atomic E-state index is -0.844. The predicted octanol–water partition coefficient (Wildman–Crippen LogP) is 1.91. The Balaban J connectivity index is 2.01. The smallest absolute Gasteiger partial charge is 0.254 e. The normalized spacial score (nSPS) is 14.1. The zero-order chi connectivity index (χ0) is 18.9. The number of carbonyl (C=O) groups is 1. The SMILES string of the molecule is COC(C)(C)C(=O)N1CCc2c(nc(-c3ccncc3)nc2N(C)C)C1. The van der Waals surface area contributed by atoms with E-state index >= 15 is 0 Å². The van der Waals surface area contributed by atoms with Crippen LogP contribution in [0.3, 0.4) is 0 Å². The number of ether oxygens (including phenoxy) is 1. The lowest BCUT2D eigenvalue weighted by molar-refractivity contribution is -0.152. The molecule has 7 nitrogen and oxygen atoms in total. The number of pyridine rings is 1. The molecule has 0 aromatic carbocycles. The number of hydrogen-bond acceptors (Lipinski definition) is 6. The van der Waals surface area contributed by atoms with Gasteiger partial charge in [0.05, 0.1) is 12.2 Å². The van der Waals surface area contributed by atoms with Gasteiger partial charge in [-0.25, -0.2) is 9.97 Å². The van der Waals surface area contributed by atoms with Gasteiger partial charge in [0.25, 0.3) is 5.91 Å². The van der Waals surface area contributed by atoms with Crippen molar-refractivity contribution < 1.29 is 9.53 Å². The molecule has 0 atom stereocenters. The zero-order valence-corrected chi connectivity index (χ0v) is 16.0. The molecule has 0 fully saturated rings. The summed E-state index contributed by atoms with van der Waals surface area (Å²) in [6.45, 7) is 4.68. The summed E-state index contributed by atoms with van der Waals surface area (Å²) in [6, 6.07) is 3.78. The van der Waals surface area contributed by atoms with Gasteiger partial charge in [0.2, 0.25) is 0 Å². The molecule has 0 bridgehead atoms. The Labute approximate surface area is 154 Å². The quantitative estimate of drug-likeness (QED) is 0.834. The number of aromatic nitrogens is 3. The van der Waals surface area contributed by atoms with Crippen molar-refractivity contribution in [2.24, 2.45) is 0 Å². The third-order valence-corrected chi connectivity index (χ3v) is 4.72. The Morgan fingerprint density at radius 1 is 1.23 bits per heavy atom. The van der Waals surface area contributed by atoms with Gasteiger partial charge >= 0.3 is 0 Å². The lowest BCUT2D eigenvalue weighted by Crippen LogP contribution is -2.48. The third kappa shape index (κ3) is 3.39. The summed E-state index contributed by atoms with van der Waals surface area (Å²) in [5.74, 6) is 1.52. The van der Waals surface area contributed by atoms with Crippen molar-refractivity contribution in [3.63, 3.8) is 0 Å². The minimum Gasteiger partial charge on any atom is -0.369 e. The predicted molar refractivity (Wildman–Crippen MR) is 99.8 cm³/mol. The molecule has 1 amide bonds. The molecule has 1 aliphatic rings. The second kappa shape index (κ2) is 6.99. The van der Waals surface area contributed by atoms with Crippen LogP contribution in [0.25, 0.3) is 11.4 Å². The van der Waals surface area contributed by atoms with Crippen LogP contribution in [-0.2, 0) is 22.5 Å². The van der Waals surface area contributed by atoms with E-state index in [-0.39, 0.29) is 5.91 Å². The van der Waals surface area contributed by atoms with Gasteiger partial charge in [-0.05, 0) is 32.4 Å². The molecule has 2 aromatic heterocycles. The van der Waals surface area contributed by atoms with Crippen molar-refractivity contribution >= 4 is 11.7 Å². The number of anilines is 1. The summed E-state index contributed by atoms with van der Waals surface area (Å²) >= 11 is 0. The van der Waals surface area contributed by atoms with E-state index in [4.69, 9.17) is 14.7 Å². The van der Waals surface area contributed by atoms with E-state index in [1.165, 1.54) is 0 Å². The van der Waals surface area contributed by atoms with Crippen molar-refractivity contribution in [2.75, 3.05) is 32.6 Å². The summed E-state index contributed by atoms with van der Waals surface area (Å²) in [7, 11) is 5.51. The van der Waals surface area contributed by atoms with Crippen LogP contribution in [-0.4, -0.2) is 59.1 Å². The Morgan fingerprint density at radius 2 is 1.92 bits per heavy atom. The average Bonchev–Trinajstić information content (AvgIpc) is 2.66. The molecule has 0 unspecified atom stereocenters. The van der Waals surface area contributed by atoms with Crippen molar-refractivity contribution in [1.82, 2.24) is 19.9 Å². The maximum atomic E-state index is 12.8. The van der Waals surface area contributed by atoms with Crippen LogP contribution in [0, 0.1) is 0 Å². The van der Waals surface area contributed by atoms with Crippen LogP contribution >= 0.6 is 0 Å². The Bertz CT molecular complexity index is 805. The molecule has 3 rings (SSSR count). The Hall–Kier alpha value is -2.54. The molecular weight excluding hydrogens is 330 g/mol. The van der Waals surface area contributed by atoms with Gasteiger partial charge in [0.15, 0.2) is 5.82 Å². The fraction of sp³-hybridized carbons (Fsp3) is 0.474. The van der Waals surface area contributed by atoms with Gasteiger partial charge in [-0.3, -0.25) is 9.78 Å². The van der Waals surface area contributed by atoms with Crippen molar-refractivity contribution in [1.29, 1.82) is 0 Å². The molecule has 26 heavy (non-hydrogen) atoms. The molecule has 138 valence electrons. The first-order valence-corrected chi connectivity index (χ1v) is 8.65. The molecule has 0 saturated heterocycles. The second-order valence-corrected chi connectivity index (χ2v) is 7.12. The van der Waals surface area contributed by atoms with Crippen LogP contribution in [0.2, 0.25) is 0 Å². The average molecular weight is 355 g/mol. The van der Waals surface area contributed by atoms with Gasteiger partial charge in [-0.1, -0.05) is 0 Å². The third-order valence-electron chi connectivity index (χ3n) is 4.72. The fourth-order valence-corrected chi connectivity index (χ4v) is 3.05. The zero-order valence-electron chi connectivity index (χ0n) is 16.0. The summed E-state index contributed by atoms with van der Waals surface area (Å²) in [5.41, 5.74) is 2.06. The molecule has 0 aliphatic carbocycles. The number of carbonyl (C=O) groups excluding carboxylic acids is 1. The number of fused-ring (bicyclic) bond motifs is 1. The first-order valence-electron chi connectivity index (χ1n) is 8.65. The van der Waals surface area contributed by atoms with Crippen molar-refractivity contribution in [3.05, 3.63) is 35.8 Å². The fourth-order valence-electron chi connectivity index (χ4n) is 3.05. The number of hydrogen-bond donors (Lipinski definition) is 0. The van der Waals surface area contributed by atoms with Crippen LogP contribution in [0.5, 0.6) is 0 Å². The highest BCUT2D eigenvalue weighted by Crippen LogP contribution is 2.29. The van der Waals surface area contributed by atoms with E-state index in [0.717, 1.165) is 29.1 Å². The molecule has 0 N–H and O–H groups in total. The van der Waals surface area contributed by atoms with E-state index in [0.29, 0.717) is 18.9 Å². The first kappa shape index (κ1) is 18.3. The first-order chi connectivity index (χ1) is 12.3. The second-order valence-electron chi connectivity index (χ2n) is 7.12. The van der Waals surface area contributed by atoms with Crippen LogP contribution in [0.1, 0.15) is 25.1 Å². The van der Waals surface area contributed by atoms with Crippen LogP contribution in [0.4, 0.5) is 5.82 Å². The van der Waals surface area contributed by atoms with E-state index in [1.807, 2.05) is 36.0 Å². The molecule has 0 radical (unpaired) electrons. The van der Waals surface area contributed by atoms with Crippen LogP contribution < -0.4 is 4.90 Å². The van der Waals surface area contributed by atoms with Crippen molar-refractivity contribution in [2.45, 2.75) is 32.4 Å². The lowest BCUT2D eigenvalue weighted by atomic mass is 10.0. The molecular formula is C19H25N5O2. The van der Waals surface area contributed by atoms with Crippen LogP contribution in [0.15, 0.2) is 24.5 Å². The molecule has 0 saturated carbocycles. The lowest BCUT2D eigenvalue weighted by Gasteiger charge is -2.35. The molecule has 3 heterocycles. The largest absolute Gasteiger partial charge is 0.369 e. The summed E-state index contributed by atoms with van der Waals surface area (Å²) in [4.78, 5) is 30.2. The highest BCUT2D eigenvalue weighted by atomic mass is 16.5. The van der Waals surface area contributed by atoms with Gasteiger partial charge in [0, 0.05) is 51.3 Å². The topological polar surface area (TPSA) is 71.5 Å². The minimum absolute atomic E-state index is 0.0267. The maximum absolute atomic E-state index is 12.8. The number of amides is 1. The molecule has 1 aliphatic heterocycles. The van der Waals surface area contributed by atoms with E-state index in [9.17, 15) is 4.79 Å². The molecule has 2 aromatic rings. The summed E-state index contributed by atoms with van der Waals surface area (Å²) < 4.78 is 5.36. The number of rotatable bonds is 4. The summed E-state index contributed by atoms with van der Waals surface area (Å²) in [5, 5.41) is 0. The number of nitrogens with zero attached hydrogens (tertiary/aromatic N) is 5. The summed E-state index contributed by atoms with van der Waals surface area (Å²) in [6.07, 6.45) is 4.18. The Morgan fingerprint density at radius 3 is 2.54 bits per heavy atom. The van der Waals surface area contributed by atoms with Gasteiger partial charge in [-0.15, -0.1) is 0 Å². The maximum Gasteiger partial charge on any atom is 0.254 e. The van der Waals surface area contributed by atoms with E-state index in [1.54, 1.807) is 33.4 Å². The highest BCUT2D eigenvalue weighted by molar-refractivity contribution is 5.84. The van der Waals surface area contributed by atoms with Gasteiger partial charge < -0.3 is 14.5 Å².